The second-order valence-electron chi connectivity index (χ2n) is 3.02. The summed E-state index contributed by atoms with van der Waals surface area (Å²) < 4.78 is 0. The summed E-state index contributed by atoms with van der Waals surface area (Å²) in [6.07, 6.45) is -2.21. The van der Waals surface area contributed by atoms with Gasteiger partial charge >= 0.3 is 0 Å². The average molecular weight is 221 g/mol. The molecule has 82 valence electrons. The molecule has 0 aromatic carbocycles. The third-order valence-electron chi connectivity index (χ3n) is 1.59. The zero-order valence-corrected chi connectivity index (χ0v) is 8.99. The van der Waals surface area contributed by atoms with Crippen LogP contribution in [0.3, 0.4) is 0 Å². The molecule has 3 unspecified atom stereocenters. The van der Waals surface area contributed by atoms with Crippen molar-refractivity contribution >= 4 is 24.3 Å². The van der Waals surface area contributed by atoms with E-state index in [1.165, 1.54) is 13.8 Å². The van der Waals surface area contributed by atoms with Crippen LogP contribution < -0.4 is 5.32 Å². The van der Waals surface area contributed by atoms with Crippen molar-refractivity contribution in [2.75, 3.05) is 6.54 Å². The standard InChI is InChI=1S/C8H15NO4S/c1-4(10)7(12)6(14)3-9-8(13)5(2)11/h4-6,10-11,14H,3H2,1-2H3,(H,9,13). The first-order valence-corrected chi connectivity index (χ1v) is 4.73. The molecule has 0 aliphatic heterocycles. The molecule has 0 rings (SSSR count). The Balaban J connectivity index is 3.91. The zero-order valence-electron chi connectivity index (χ0n) is 8.10. The van der Waals surface area contributed by atoms with E-state index in [0.717, 1.165) is 0 Å². The maximum Gasteiger partial charge on any atom is 0.248 e. The Morgan fingerprint density at radius 3 is 2.14 bits per heavy atom. The predicted molar refractivity (Wildman–Crippen MR) is 54.2 cm³/mol. The highest BCUT2D eigenvalue weighted by atomic mass is 32.1. The Morgan fingerprint density at radius 1 is 1.29 bits per heavy atom. The lowest BCUT2D eigenvalue weighted by Gasteiger charge is -2.13. The number of ketones is 1. The van der Waals surface area contributed by atoms with Crippen LogP contribution in [0.2, 0.25) is 0 Å². The van der Waals surface area contributed by atoms with E-state index >= 15 is 0 Å². The summed E-state index contributed by atoms with van der Waals surface area (Å²) in [5.41, 5.74) is 0. The Bertz CT molecular complexity index is 217. The number of aliphatic hydroxyl groups is 2. The van der Waals surface area contributed by atoms with Crippen LogP contribution in [0.5, 0.6) is 0 Å². The number of aliphatic hydroxyl groups excluding tert-OH is 2. The van der Waals surface area contributed by atoms with E-state index < -0.39 is 29.1 Å². The van der Waals surface area contributed by atoms with Gasteiger partial charge < -0.3 is 15.5 Å². The van der Waals surface area contributed by atoms with Gasteiger partial charge in [-0.2, -0.15) is 12.6 Å². The predicted octanol–water partition coefficient (Wildman–Crippen LogP) is -1.27. The summed E-state index contributed by atoms with van der Waals surface area (Å²) >= 11 is 3.90. The number of carbonyl (C=O) groups excluding carboxylic acids is 2. The van der Waals surface area contributed by atoms with Crippen molar-refractivity contribution in [3.63, 3.8) is 0 Å². The fourth-order valence-electron chi connectivity index (χ4n) is 0.724. The fraction of sp³-hybridized carbons (Fsp3) is 0.750. The Hall–Kier alpha value is -0.590. The highest BCUT2D eigenvalue weighted by Gasteiger charge is 2.19. The van der Waals surface area contributed by atoms with Crippen LogP contribution in [-0.4, -0.2) is 45.9 Å². The minimum absolute atomic E-state index is 0.00340. The molecule has 0 fully saturated rings. The smallest absolute Gasteiger partial charge is 0.248 e. The quantitative estimate of drug-likeness (QED) is 0.436. The molecule has 0 aliphatic carbocycles. The lowest BCUT2D eigenvalue weighted by atomic mass is 10.2. The molecule has 1 amide bonds. The number of hydrogen-bond acceptors (Lipinski definition) is 5. The van der Waals surface area contributed by atoms with E-state index in [1.54, 1.807) is 0 Å². The van der Waals surface area contributed by atoms with Gasteiger partial charge in [0, 0.05) is 6.54 Å². The van der Waals surface area contributed by atoms with Gasteiger partial charge in [-0.15, -0.1) is 0 Å². The summed E-state index contributed by atoms with van der Waals surface area (Å²) in [7, 11) is 0. The first kappa shape index (κ1) is 13.4. The molecule has 0 saturated heterocycles. The van der Waals surface area contributed by atoms with E-state index in [0.29, 0.717) is 0 Å². The van der Waals surface area contributed by atoms with Crippen molar-refractivity contribution in [3.05, 3.63) is 0 Å². The second-order valence-corrected chi connectivity index (χ2v) is 3.64. The highest BCUT2D eigenvalue weighted by Crippen LogP contribution is 1.99. The lowest BCUT2D eigenvalue weighted by Crippen LogP contribution is -2.40. The van der Waals surface area contributed by atoms with Gasteiger partial charge in [0.25, 0.3) is 0 Å². The molecule has 6 heteroatoms. The second kappa shape index (κ2) is 6.00. The number of carbonyl (C=O) groups is 2. The molecule has 5 nitrogen and oxygen atoms in total. The molecule has 0 heterocycles. The molecular weight excluding hydrogens is 206 g/mol. The first-order valence-electron chi connectivity index (χ1n) is 4.22. The van der Waals surface area contributed by atoms with E-state index in [-0.39, 0.29) is 6.54 Å². The van der Waals surface area contributed by atoms with Crippen molar-refractivity contribution in [2.24, 2.45) is 0 Å². The number of Topliss-reactive ketones (excluding diaryl/α,β-unsaturated/α-hetero) is 1. The molecule has 0 aliphatic rings. The van der Waals surface area contributed by atoms with Crippen molar-refractivity contribution in [1.29, 1.82) is 0 Å². The SMILES string of the molecule is CC(O)C(=O)NCC(S)C(=O)C(C)O. The number of hydrogen-bond donors (Lipinski definition) is 4. The number of amides is 1. The van der Waals surface area contributed by atoms with Crippen molar-refractivity contribution in [3.8, 4) is 0 Å². The van der Waals surface area contributed by atoms with Crippen molar-refractivity contribution in [2.45, 2.75) is 31.3 Å². The molecule has 0 saturated carbocycles. The van der Waals surface area contributed by atoms with Gasteiger partial charge in [-0.25, -0.2) is 0 Å². The van der Waals surface area contributed by atoms with Gasteiger partial charge in [0.1, 0.15) is 12.2 Å². The van der Waals surface area contributed by atoms with Gasteiger partial charge in [0.05, 0.1) is 5.25 Å². The minimum atomic E-state index is -1.11. The van der Waals surface area contributed by atoms with Crippen LogP contribution in [0.15, 0.2) is 0 Å². The molecule has 0 bridgehead atoms. The molecule has 3 N–H and O–H groups in total. The fourth-order valence-corrected chi connectivity index (χ4v) is 1.03. The molecule has 3 atom stereocenters. The van der Waals surface area contributed by atoms with Crippen molar-refractivity contribution < 1.29 is 19.8 Å². The van der Waals surface area contributed by atoms with Gasteiger partial charge in [-0.05, 0) is 13.8 Å². The van der Waals surface area contributed by atoms with E-state index in [4.69, 9.17) is 10.2 Å². The molecule has 0 aromatic heterocycles. The summed E-state index contributed by atoms with van der Waals surface area (Å²) in [5.74, 6) is -1.03. The third-order valence-corrected chi connectivity index (χ3v) is 2.03. The highest BCUT2D eigenvalue weighted by molar-refractivity contribution is 7.81. The van der Waals surface area contributed by atoms with Crippen LogP contribution in [0.1, 0.15) is 13.8 Å². The van der Waals surface area contributed by atoms with E-state index in [9.17, 15) is 9.59 Å². The maximum absolute atomic E-state index is 11.1. The van der Waals surface area contributed by atoms with Crippen LogP contribution in [0, 0.1) is 0 Å². The maximum atomic E-state index is 11.1. The molecule has 0 spiro atoms. The Morgan fingerprint density at radius 2 is 1.79 bits per heavy atom. The summed E-state index contributed by atoms with van der Waals surface area (Å²) in [5, 5.41) is 19.3. The average Bonchev–Trinajstić information content (AvgIpc) is 2.11. The molecular formula is C8H15NO4S. The summed E-state index contributed by atoms with van der Waals surface area (Å²) in [6, 6.07) is 0. The van der Waals surface area contributed by atoms with Gasteiger partial charge in [-0.1, -0.05) is 0 Å². The van der Waals surface area contributed by atoms with Crippen LogP contribution in [0.4, 0.5) is 0 Å². The Kier molecular flexibility index (Phi) is 5.75. The summed E-state index contributed by atoms with van der Waals surface area (Å²) in [4.78, 5) is 22.0. The summed E-state index contributed by atoms with van der Waals surface area (Å²) in [6.45, 7) is 2.65. The number of rotatable bonds is 5. The zero-order chi connectivity index (χ0) is 11.3. The molecule has 0 radical (unpaired) electrons. The van der Waals surface area contributed by atoms with Crippen LogP contribution >= 0.6 is 12.6 Å². The molecule has 14 heavy (non-hydrogen) atoms. The van der Waals surface area contributed by atoms with Gasteiger partial charge in [0.15, 0.2) is 5.78 Å². The van der Waals surface area contributed by atoms with E-state index in [1.807, 2.05) is 0 Å². The van der Waals surface area contributed by atoms with Crippen LogP contribution in [0.25, 0.3) is 0 Å². The minimum Gasteiger partial charge on any atom is -0.386 e. The number of nitrogens with one attached hydrogen (secondary N) is 1. The topological polar surface area (TPSA) is 86.6 Å². The third kappa shape index (κ3) is 4.59. The van der Waals surface area contributed by atoms with Gasteiger partial charge in [0.2, 0.25) is 5.91 Å². The number of thiol groups is 1. The van der Waals surface area contributed by atoms with Gasteiger partial charge in [-0.3, -0.25) is 9.59 Å². The lowest BCUT2D eigenvalue weighted by molar-refractivity contribution is -0.129. The van der Waals surface area contributed by atoms with Crippen molar-refractivity contribution in [1.82, 2.24) is 5.32 Å². The molecule has 0 aromatic rings. The van der Waals surface area contributed by atoms with E-state index in [2.05, 4.69) is 17.9 Å². The monoisotopic (exact) mass is 221 g/mol. The first-order chi connectivity index (χ1) is 6.36. The Labute approximate surface area is 87.9 Å². The normalized spacial score (nSPS) is 16.9. The largest absolute Gasteiger partial charge is 0.386 e. The van der Waals surface area contributed by atoms with Crippen LogP contribution in [-0.2, 0) is 9.59 Å².